The molecule has 3 N–H and O–H groups in total. The number of benzene rings is 1. The smallest absolute Gasteiger partial charge is 0.240 e. The number of fused-ring (bicyclic) bond motifs is 1. The number of primary amides is 1. The Bertz CT molecular complexity index is 835. The van der Waals surface area contributed by atoms with Gasteiger partial charge in [0.1, 0.15) is 23.0 Å². The van der Waals surface area contributed by atoms with Gasteiger partial charge in [-0.3, -0.25) is 4.79 Å². The van der Waals surface area contributed by atoms with E-state index in [1.165, 1.54) is 6.33 Å². The molecule has 124 valence electrons. The van der Waals surface area contributed by atoms with E-state index in [2.05, 4.69) is 15.3 Å². The Morgan fingerprint density at radius 3 is 2.83 bits per heavy atom. The van der Waals surface area contributed by atoms with Gasteiger partial charge in [-0.25, -0.2) is 9.97 Å². The van der Waals surface area contributed by atoms with E-state index in [1.54, 1.807) is 18.4 Å². The van der Waals surface area contributed by atoms with Gasteiger partial charge in [0.15, 0.2) is 0 Å². The van der Waals surface area contributed by atoms with E-state index in [0.29, 0.717) is 18.8 Å². The fourth-order valence-corrected chi connectivity index (χ4v) is 3.42. The number of carbonyl (C=O) groups excluding carboxylic acids is 1. The molecule has 1 aromatic carbocycles. The first-order valence-electron chi connectivity index (χ1n) is 7.53. The molecule has 0 saturated heterocycles. The van der Waals surface area contributed by atoms with Crippen molar-refractivity contribution in [1.82, 2.24) is 9.97 Å². The van der Waals surface area contributed by atoms with Crippen LogP contribution in [-0.4, -0.2) is 35.6 Å². The number of methoxy groups -OCH3 is 1. The molecule has 1 amide bonds. The molecule has 0 radical (unpaired) electrons. The number of rotatable bonds is 7. The highest BCUT2D eigenvalue weighted by atomic mass is 32.1. The van der Waals surface area contributed by atoms with Gasteiger partial charge in [0.2, 0.25) is 5.91 Å². The second-order valence-corrected chi connectivity index (χ2v) is 6.16. The van der Waals surface area contributed by atoms with Gasteiger partial charge >= 0.3 is 0 Å². The molecule has 0 aliphatic rings. The molecule has 0 fully saturated rings. The van der Waals surface area contributed by atoms with E-state index in [0.717, 1.165) is 21.3 Å². The van der Waals surface area contributed by atoms with Crippen molar-refractivity contribution < 1.29 is 9.53 Å². The van der Waals surface area contributed by atoms with Gasteiger partial charge in [-0.05, 0) is 12.0 Å². The average Bonchev–Trinajstić information content (AvgIpc) is 3.04. The van der Waals surface area contributed by atoms with Gasteiger partial charge in [0.05, 0.1) is 5.39 Å². The first-order valence-corrected chi connectivity index (χ1v) is 8.41. The lowest BCUT2D eigenvalue weighted by atomic mass is 10.1. The van der Waals surface area contributed by atoms with Crippen LogP contribution in [-0.2, 0) is 9.53 Å². The molecule has 0 spiro atoms. The van der Waals surface area contributed by atoms with Crippen LogP contribution in [0.25, 0.3) is 21.3 Å². The monoisotopic (exact) mass is 342 g/mol. The minimum absolute atomic E-state index is 0.435. The maximum atomic E-state index is 11.7. The normalized spacial score (nSPS) is 12.2. The number of ether oxygens (including phenoxy) is 1. The van der Waals surface area contributed by atoms with Crippen LogP contribution in [0.2, 0.25) is 0 Å². The molecule has 0 aliphatic heterocycles. The van der Waals surface area contributed by atoms with E-state index >= 15 is 0 Å². The molecule has 0 saturated carbocycles. The third-order valence-corrected chi connectivity index (χ3v) is 4.61. The molecule has 0 unspecified atom stereocenters. The summed E-state index contributed by atoms with van der Waals surface area (Å²) in [5.41, 5.74) is 7.61. The SMILES string of the molecule is COCC[C@@H](Nc1ncnc2scc(-c3ccccc3)c12)C(N)=O. The van der Waals surface area contributed by atoms with E-state index in [4.69, 9.17) is 10.5 Å². The molecule has 24 heavy (non-hydrogen) atoms. The van der Waals surface area contributed by atoms with Gasteiger partial charge in [-0.15, -0.1) is 11.3 Å². The van der Waals surface area contributed by atoms with Gasteiger partial charge < -0.3 is 15.8 Å². The molecule has 7 heteroatoms. The predicted octanol–water partition coefficient (Wildman–Crippen LogP) is 2.66. The first kappa shape index (κ1) is 16.4. The van der Waals surface area contributed by atoms with Crippen LogP contribution in [0.5, 0.6) is 0 Å². The molecule has 2 aromatic heterocycles. The fourth-order valence-electron chi connectivity index (χ4n) is 2.50. The van der Waals surface area contributed by atoms with Crippen molar-refractivity contribution in [3.63, 3.8) is 0 Å². The average molecular weight is 342 g/mol. The number of anilines is 1. The Morgan fingerprint density at radius 1 is 1.33 bits per heavy atom. The van der Waals surface area contributed by atoms with Gasteiger partial charge in [-0.1, -0.05) is 30.3 Å². The molecule has 6 nitrogen and oxygen atoms in total. The number of nitrogens with one attached hydrogen (secondary N) is 1. The molecule has 0 aliphatic carbocycles. The molecule has 3 rings (SSSR count). The minimum Gasteiger partial charge on any atom is -0.385 e. The largest absolute Gasteiger partial charge is 0.385 e. The van der Waals surface area contributed by atoms with Crippen molar-refractivity contribution in [2.75, 3.05) is 19.0 Å². The number of carbonyl (C=O) groups is 1. The quantitative estimate of drug-likeness (QED) is 0.689. The maximum Gasteiger partial charge on any atom is 0.240 e. The lowest BCUT2D eigenvalue weighted by Gasteiger charge is -2.16. The zero-order chi connectivity index (χ0) is 16.9. The highest BCUT2D eigenvalue weighted by Crippen LogP contribution is 2.36. The Labute approximate surface area is 143 Å². The number of nitrogens with zero attached hydrogens (tertiary/aromatic N) is 2. The van der Waals surface area contributed by atoms with Crippen molar-refractivity contribution in [2.24, 2.45) is 5.73 Å². The lowest BCUT2D eigenvalue weighted by Crippen LogP contribution is -2.36. The van der Waals surface area contributed by atoms with Crippen LogP contribution in [0.3, 0.4) is 0 Å². The van der Waals surface area contributed by atoms with Crippen LogP contribution in [0.15, 0.2) is 42.0 Å². The maximum absolute atomic E-state index is 11.7. The summed E-state index contributed by atoms with van der Waals surface area (Å²) in [5, 5.41) is 6.10. The summed E-state index contributed by atoms with van der Waals surface area (Å²) in [6, 6.07) is 9.47. The third-order valence-electron chi connectivity index (χ3n) is 3.72. The highest BCUT2D eigenvalue weighted by Gasteiger charge is 2.19. The van der Waals surface area contributed by atoms with Gasteiger partial charge in [0, 0.05) is 24.7 Å². The summed E-state index contributed by atoms with van der Waals surface area (Å²) < 4.78 is 5.05. The van der Waals surface area contributed by atoms with Crippen LogP contribution < -0.4 is 11.1 Å². The molecule has 0 bridgehead atoms. The van der Waals surface area contributed by atoms with Gasteiger partial charge in [-0.2, -0.15) is 0 Å². The third kappa shape index (κ3) is 3.37. The summed E-state index contributed by atoms with van der Waals surface area (Å²) in [7, 11) is 1.59. The van der Waals surface area contributed by atoms with Crippen molar-refractivity contribution in [3.05, 3.63) is 42.0 Å². The van der Waals surface area contributed by atoms with Crippen LogP contribution in [0.4, 0.5) is 5.82 Å². The summed E-state index contributed by atoms with van der Waals surface area (Å²) in [5.74, 6) is 0.176. The molecular formula is C17H18N4O2S. The van der Waals surface area contributed by atoms with Crippen LogP contribution in [0, 0.1) is 0 Å². The Morgan fingerprint density at radius 2 is 2.12 bits per heavy atom. The van der Waals surface area contributed by atoms with Crippen molar-refractivity contribution in [1.29, 1.82) is 0 Å². The second kappa shape index (κ2) is 7.37. The number of aromatic nitrogens is 2. The summed E-state index contributed by atoms with van der Waals surface area (Å²) >= 11 is 1.54. The van der Waals surface area contributed by atoms with E-state index in [1.807, 2.05) is 35.7 Å². The molecule has 2 heterocycles. The van der Waals surface area contributed by atoms with Crippen LogP contribution in [0.1, 0.15) is 6.42 Å². The van der Waals surface area contributed by atoms with Gasteiger partial charge in [0.25, 0.3) is 0 Å². The minimum atomic E-state index is -0.549. The standard InChI is InChI=1S/C17H18N4O2S/c1-23-8-7-13(15(18)22)21-16-14-12(11-5-3-2-4-6-11)9-24-17(14)20-10-19-16/h2-6,9-10,13H,7-8H2,1H3,(H2,18,22)(H,19,20,21)/t13-/m1/s1. The van der Waals surface area contributed by atoms with Crippen molar-refractivity contribution in [2.45, 2.75) is 12.5 Å². The van der Waals surface area contributed by atoms with E-state index in [9.17, 15) is 4.79 Å². The summed E-state index contributed by atoms with van der Waals surface area (Å²) in [6.07, 6.45) is 1.96. The predicted molar refractivity (Wildman–Crippen MR) is 95.9 cm³/mol. The first-order chi connectivity index (χ1) is 11.7. The zero-order valence-electron chi connectivity index (χ0n) is 13.2. The van der Waals surface area contributed by atoms with Crippen LogP contribution >= 0.6 is 11.3 Å². The van der Waals surface area contributed by atoms with E-state index < -0.39 is 11.9 Å². The zero-order valence-corrected chi connectivity index (χ0v) is 14.0. The number of nitrogens with two attached hydrogens (primary N) is 1. The van der Waals surface area contributed by atoms with E-state index in [-0.39, 0.29) is 0 Å². The number of hydrogen-bond acceptors (Lipinski definition) is 6. The topological polar surface area (TPSA) is 90.1 Å². The second-order valence-electron chi connectivity index (χ2n) is 5.30. The Hall–Kier alpha value is -2.51. The Kier molecular flexibility index (Phi) is 5.02. The highest BCUT2D eigenvalue weighted by molar-refractivity contribution is 7.17. The number of thiophene rings is 1. The number of hydrogen-bond donors (Lipinski definition) is 2. The summed E-state index contributed by atoms with van der Waals surface area (Å²) in [6.45, 7) is 0.435. The molecule has 1 atom stereocenters. The Balaban J connectivity index is 2.02. The summed E-state index contributed by atoms with van der Waals surface area (Å²) in [4.78, 5) is 21.2. The fraction of sp³-hybridized carbons (Fsp3) is 0.235. The lowest BCUT2D eigenvalue weighted by molar-refractivity contribution is -0.119. The number of amides is 1. The molecular weight excluding hydrogens is 324 g/mol. The van der Waals surface area contributed by atoms with Crippen molar-refractivity contribution in [3.8, 4) is 11.1 Å². The van der Waals surface area contributed by atoms with Crippen molar-refractivity contribution >= 4 is 33.3 Å². The molecule has 3 aromatic rings.